The van der Waals surface area contributed by atoms with Crippen LogP contribution in [0.15, 0.2) is 109 Å². The average Bonchev–Trinajstić information content (AvgIpc) is 3.69. The number of hydrogen-bond acceptors (Lipinski definition) is 2. The zero-order chi connectivity index (χ0) is 50.4. The summed E-state index contributed by atoms with van der Waals surface area (Å²) >= 11 is 2.02. The molecule has 0 unspecified atom stereocenters. The first-order valence-electron chi connectivity index (χ1n) is 25.6. The third kappa shape index (κ3) is 9.74. The first kappa shape index (κ1) is 51.5. The molecule has 0 spiro atoms. The zero-order valence-electron chi connectivity index (χ0n) is 46.2. The fourth-order valence-corrected chi connectivity index (χ4v) is 17.3. The third-order valence-corrected chi connectivity index (χ3v) is 22.0. The molecule has 0 N–H and O–H groups in total. The summed E-state index contributed by atoms with van der Waals surface area (Å²) in [5, 5.41) is 8.28. The minimum atomic E-state index is -3.27. The largest absolute Gasteiger partial charge is 0.255 e. The molecular weight excluding hydrogens is 855 g/mol. The molecule has 7 aromatic rings. The van der Waals surface area contributed by atoms with Crippen LogP contribution in [0.5, 0.6) is 0 Å². The fraction of sp³-hybridized carbons (Fsp3) is 0.462. The number of aromatic nitrogens is 1. The molecule has 0 fully saturated rings. The van der Waals surface area contributed by atoms with Crippen molar-refractivity contribution < 1.29 is 0 Å². The highest BCUT2D eigenvalue weighted by molar-refractivity contribution is 7.39. The summed E-state index contributed by atoms with van der Waals surface area (Å²) in [6.07, 6.45) is 4.22. The Bertz CT molecular complexity index is 2700. The molecule has 2 heterocycles. The van der Waals surface area contributed by atoms with E-state index in [4.69, 9.17) is 4.98 Å². The van der Waals surface area contributed by atoms with Crippen molar-refractivity contribution in [3.8, 4) is 11.3 Å². The second-order valence-corrected chi connectivity index (χ2v) is 32.0. The van der Waals surface area contributed by atoms with Gasteiger partial charge in [0, 0.05) is 16.3 Å². The highest BCUT2D eigenvalue weighted by atomic mass is 32.1. The van der Waals surface area contributed by atoms with Gasteiger partial charge in [0.2, 0.25) is 0 Å². The molecule has 5 aromatic carbocycles. The SMILES string of the molecule is CCC(C)(CC)c1cc(-c2nccc3cc([Si](c4cc(C(C)(C)C)cc(C(C)(C)C)c4)(c4cc(C(C)(C)C)cc(C(C)(C)C)c4)c4cc(C(C)(C)C)cc(C(C)(C)C)c4)sc23)cc2ccccc12. The van der Waals surface area contributed by atoms with Gasteiger partial charge in [0.05, 0.1) is 10.4 Å². The lowest BCUT2D eigenvalue weighted by atomic mass is 9.75. The molecule has 360 valence electrons. The number of hydrogen-bond donors (Lipinski definition) is 0. The Hall–Kier alpha value is -4.31. The second-order valence-electron chi connectivity index (χ2n) is 26.8. The number of rotatable bonds is 8. The molecule has 0 aliphatic heterocycles. The van der Waals surface area contributed by atoms with Gasteiger partial charge in [0.1, 0.15) is 0 Å². The number of nitrogens with zero attached hydrogens (tertiary/aromatic N) is 1. The van der Waals surface area contributed by atoms with E-state index in [1.165, 1.54) is 85.4 Å². The van der Waals surface area contributed by atoms with E-state index in [0.29, 0.717) is 0 Å². The van der Waals surface area contributed by atoms with Crippen LogP contribution in [0.4, 0.5) is 0 Å². The molecule has 0 saturated carbocycles. The Morgan fingerprint density at radius 2 is 0.809 bits per heavy atom. The van der Waals surface area contributed by atoms with Crippen molar-refractivity contribution in [2.24, 2.45) is 0 Å². The quantitative estimate of drug-likeness (QED) is 0.109. The van der Waals surface area contributed by atoms with E-state index in [0.717, 1.165) is 18.5 Å². The summed E-state index contributed by atoms with van der Waals surface area (Å²) in [6, 6.07) is 42.3. The van der Waals surface area contributed by atoms with Gasteiger partial charge in [-0.2, -0.15) is 0 Å². The van der Waals surface area contributed by atoms with Gasteiger partial charge in [-0.15, -0.1) is 11.3 Å². The molecule has 0 radical (unpaired) electrons. The summed E-state index contributed by atoms with van der Waals surface area (Å²) in [4.78, 5) is 5.38. The summed E-state index contributed by atoms with van der Waals surface area (Å²) in [5.41, 5.74) is 11.7. The van der Waals surface area contributed by atoms with Crippen LogP contribution in [0.2, 0.25) is 0 Å². The molecule has 0 saturated heterocycles. The van der Waals surface area contributed by atoms with Crippen molar-refractivity contribution in [1.29, 1.82) is 0 Å². The topological polar surface area (TPSA) is 12.9 Å². The van der Waals surface area contributed by atoms with Crippen LogP contribution in [0.1, 0.15) is 197 Å². The van der Waals surface area contributed by atoms with Crippen LogP contribution in [-0.2, 0) is 37.9 Å². The van der Waals surface area contributed by atoms with Crippen LogP contribution in [0, 0.1) is 0 Å². The fourth-order valence-electron chi connectivity index (χ4n) is 9.99. The van der Waals surface area contributed by atoms with Gasteiger partial charge in [-0.3, -0.25) is 4.98 Å². The molecule has 0 aliphatic rings. The van der Waals surface area contributed by atoms with Crippen molar-refractivity contribution in [1.82, 2.24) is 4.98 Å². The summed E-state index contributed by atoms with van der Waals surface area (Å²) < 4.78 is 2.72. The van der Waals surface area contributed by atoms with E-state index in [1.54, 1.807) is 0 Å². The summed E-state index contributed by atoms with van der Waals surface area (Å²) in [7, 11) is -3.27. The maximum atomic E-state index is 5.38. The summed E-state index contributed by atoms with van der Waals surface area (Å²) in [5.74, 6) is 0. The van der Waals surface area contributed by atoms with Crippen molar-refractivity contribution in [3.05, 3.63) is 148 Å². The number of benzene rings is 5. The molecule has 7 rings (SSSR count). The van der Waals surface area contributed by atoms with Gasteiger partial charge in [0.15, 0.2) is 8.07 Å². The maximum Gasteiger partial charge on any atom is 0.191 e. The predicted molar refractivity (Wildman–Crippen MR) is 306 cm³/mol. The molecule has 1 nitrogen and oxygen atoms in total. The van der Waals surface area contributed by atoms with Gasteiger partial charge in [0.25, 0.3) is 0 Å². The highest BCUT2D eigenvalue weighted by Gasteiger charge is 2.46. The van der Waals surface area contributed by atoms with E-state index in [9.17, 15) is 0 Å². The van der Waals surface area contributed by atoms with E-state index in [1.807, 2.05) is 11.3 Å². The highest BCUT2D eigenvalue weighted by Crippen LogP contribution is 2.42. The molecule has 0 amide bonds. The molecule has 3 heteroatoms. The van der Waals surface area contributed by atoms with E-state index < -0.39 is 8.07 Å². The van der Waals surface area contributed by atoms with E-state index in [-0.39, 0.29) is 37.9 Å². The third-order valence-electron chi connectivity index (χ3n) is 15.4. The Balaban J connectivity index is 1.77. The van der Waals surface area contributed by atoms with Crippen molar-refractivity contribution >= 4 is 60.3 Å². The Morgan fingerprint density at radius 3 is 1.18 bits per heavy atom. The minimum absolute atomic E-state index is 0.0423. The lowest BCUT2D eigenvalue weighted by molar-refractivity contribution is 0.443. The Morgan fingerprint density at radius 1 is 0.426 bits per heavy atom. The van der Waals surface area contributed by atoms with Gasteiger partial charge in [-0.05, 0) is 146 Å². The first-order chi connectivity index (χ1) is 31.2. The molecule has 0 bridgehead atoms. The smallest absolute Gasteiger partial charge is 0.191 e. The number of thiophene rings is 1. The van der Waals surface area contributed by atoms with Crippen molar-refractivity contribution in [2.45, 2.75) is 196 Å². The lowest BCUT2D eigenvalue weighted by Crippen LogP contribution is -2.74. The van der Waals surface area contributed by atoms with Gasteiger partial charge < -0.3 is 0 Å². The van der Waals surface area contributed by atoms with Crippen LogP contribution in [-0.4, -0.2) is 13.1 Å². The van der Waals surface area contributed by atoms with Crippen LogP contribution < -0.4 is 20.1 Å². The number of pyridine rings is 1. The zero-order valence-corrected chi connectivity index (χ0v) is 48.0. The average molecular weight is 941 g/mol. The van der Waals surface area contributed by atoms with Gasteiger partial charge in [-0.25, -0.2) is 0 Å². The molecule has 0 atom stereocenters. The first-order valence-corrected chi connectivity index (χ1v) is 28.5. The minimum Gasteiger partial charge on any atom is -0.255 e. The van der Waals surface area contributed by atoms with Crippen molar-refractivity contribution in [2.75, 3.05) is 0 Å². The van der Waals surface area contributed by atoms with E-state index >= 15 is 0 Å². The van der Waals surface area contributed by atoms with E-state index in [2.05, 4.69) is 255 Å². The van der Waals surface area contributed by atoms with Gasteiger partial charge >= 0.3 is 0 Å². The monoisotopic (exact) mass is 940 g/mol. The van der Waals surface area contributed by atoms with Gasteiger partial charge in [-0.1, -0.05) is 224 Å². The van der Waals surface area contributed by atoms with Crippen molar-refractivity contribution in [3.63, 3.8) is 0 Å². The van der Waals surface area contributed by atoms with Crippen LogP contribution in [0.25, 0.3) is 32.1 Å². The molecule has 0 aliphatic carbocycles. The standard InChI is InChI=1S/C65H85NSSi/c1-22-65(21,23-2)55-31-44(30-42-26-24-25-27-54(42)55)57-58-43(28-29-66-57)32-56(67-58)68(51-36-45(59(3,4)5)33-46(37-51)60(6,7)8,52-38-47(61(9,10)11)34-48(39-52)62(12,13)14)53-40-49(63(15,16)17)35-50(41-53)64(18,19)20/h24-41H,22-23H2,1-21H3. The second kappa shape index (κ2) is 17.5. The summed E-state index contributed by atoms with van der Waals surface area (Å²) in [6.45, 7) is 50.3. The number of fused-ring (bicyclic) bond motifs is 2. The Kier molecular flexibility index (Phi) is 13.3. The molecular formula is C65H85NSSi. The maximum absolute atomic E-state index is 5.38. The Labute approximate surface area is 418 Å². The molecule has 2 aromatic heterocycles. The molecule has 68 heavy (non-hydrogen) atoms. The van der Waals surface area contributed by atoms with Crippen LogP contribution >= 0.6 is 11.3 Å². The lowest BCUT2D eigenvalue weighted by Gasteiger charge is -2.39. The predicted octanol–water partition coefficient (Wildman–Crippen LogP) is 16.4. The normalized spacial score (nSPS) is 13.8. The van der Waals surface area contributed by atoms with Crippen LogP contribution in [0.3, 0.4) is 0 Å².